The first-order chi connectivity index (χ1) is 6.41. The average molecular weight is 206 g/mol. The molecule has 0 amide bonds. The van der Waals surface area contributed by atoms with E-state index in [9.17, 15) is 0 Å². The van der Waals surface area contributed by atoms with Crippen LogP contribution in [0.3, 0.4) is 0 Å². The monoisotopic (exact) mass is 206 g/mol. The molecular formula is C10H22O2S. The summed E-state index contributed by atoms with van der Waals surface area (Å²) in [6.45, 7) is 2.92. The van der Waals surface area contributed by atoms with Crippen LogP contribution in [-0.4, -0.2) is 11.2 Å². The van der Waals surface area contributed by atoms with Gasteiger partial charge in [0.25, 0.3) is 0 Å². The molecule has 0 aliphatic carbocycles. The lowest BCUT2D eigenvalue weighted by atomic mass is 10.1. The molecule has 13 heavy (non-hydrogen) atoms. The number of hydrogen-bond donors (Lipinski definition) is 1. The number of rotatable bonds is 10. The zero-order valence-electron chi connectivity index (χ0n) is 8.63. The van der Waals surface area contributed by atoms with Crippen molar-refractivity contribution in [1.82, 2.24) is 0 Å². The highest BCUT2D eigenvalue weighted by atomic mass is 32.2. The standard InChI is InChI=1S/C10H22O2S/c1-2-3-4-5-6-7-8-9-10-12-13-11/h11H,2-10H2,1H3. The summed E-state index contributed by atoms with van der Waals surface area (Å²) in [4.78, 5) is 0. The highest BCUT2D eigenvalue weighted by molar-refractivity contribution is 7.88. The molecule has 80 valence electrons. The molecule has 0 fully saturated rings. The predicted octanol–water partition coefficient (Wildman–Crippen LogP) is 4.26. The molecule has 0 bridgehead atoms. The molecule has 0 unspecified atom stereocenters. The first-order valence-corrected chi connectivity index (χ1v) is 6.04. The van der Waals surface area contributed by atoms with Crippen molar-refractivity contribution in [1.29, 1.82) is 0 Å². The van der Waals surface area contributed by atoms with Gasteiger partial charge >= 0.3 is 0 Å². The predicted molar refractivity (Wildman–Crippen MR) is 58.8 cm³/mol. The Morgan fingerprint density at radius 3 is 2.00 bits per heavy atom. The maximum absolute atomic E-state index is 8.26. The van der Waals surface area contributed by atoms with Crippen LogP contribution in [0.25, 0.3) is 0 Å². The summed E-state index contributed by atoms with van der Waals surface area (Å²) in [7, 11) is 0. The van der Waals surface area contributed by atoms with Gasteiger partial charge < -0.3 is 4.55 Å². The van der Waals surface area contributed by atoms with E-state index in [1.165, 1.54) is 44.9 Å². The molecule has 0 aromatic heterocycles. The Morgan fingerprint density at radius 2 is 1.46 bits per heavy atom. The first-order valence-electron chi connectivity index (χ1n) is 5.35. The molecule has 0 aromatic carbocycles. The Kier molecular flexibility index (Phi) is 12.5. The molecule has 0 aliphatic rings. The summed E-state index contributed by atoms with van der Waals surface area (Å²) in [5.74, 6) is 0. The Bertz CT molecular complexity index is 79.0. The quantitative estimate of drug-likeness (QED) is 0.427. The summed E-state index contributed by atoms with van der Waals surface area (Å²) < 4.78 is 13.0. The van der Waals surface area contributed by atoms with E-state index in [0.717, 1.165) is 6.42 Å². The summed E-state index contributed by atoms with van der Waals surface area (Å²) in [5.41, 5.74) is 0. The van der Waals surface area contributed by atoms with Crippen LogP contribution in [-0.2, 0) is 4.18 Å². The van der Waals surface area contributed by atoms with Crippen molar-refractivity contribution in [2.45, 2.75) is 58.3 Å². The SMILES string of the molecule is CCCCCCCCCCOSO. The number of hydrogen-bond acceptors (Lipinski definition) is 3. The van der Waals surface area contributed by atoms with Crippen molar-refractivity contribution >= 4 is 12.3 Å². The number of unbranched alkanes of at least 4 members (excludes halogenated alkanes) is 7. The summed E-state index contributed by atoms with van der Waals surface area (Å²) in [6, 6.07) is 0. The molecule has 0 radical (unpaired) electrons. The van der Waals surface area contributed by atoms with E-state index in [1.807, 2.05) is 0 Å². The van der Waals surface area contributed by atoms with Crippen molar-refractivity contribution in [3.8, 4) is 0 Å². The minimum Gasteiger partial charge on any atom is -0.307 e. The molecule has 0 saturated carbocycles. The van der Waals surface area contributed by atoms with E-state index in [1.54, 1.807) is 0 Å². The van der Waals surface area contributed by atoms with Gasteiger partial charge in [-0.25, -0.2) is 0 Å². The highest BCUT2D eigenvalue weighted by Crippen LogP contribution is 2.08. The van der Waals surface area contributed by atoms with Gasteiger partial charge in [0.1, 0.15) is 0 Å². The molecule has 2 nitrogen and oxygen atoms in total. The van der Waals surface area contributed by atoms with Crippen molar-refractivity contribution in [2.75, 3.05) is 6.61 Å². The average Bonchev–Trinajstić information content (AvgIpc) is 2.16. The van der Waals surface area contributed by atoms with Crippen LogP contribution in [0.4, 0.5) is 0 Å². The summed E-state index contributed by atoms with van der Waals surface area (Å²) >= 11 is 0.477. The highest BCUT2D eigenvalue weighted by Gasteiger charge is 1.91. The Hall–Kier alpha value is 0.270. The van der Waals surface area contributed by atoms with Crippen molar-refractivity contribution < 1.29 is 8.74 Å². The Balaban J connectivity index is 2.76. The summed E-state index contributed by atoms with van der Waals surface area (Å²) in [6.07, 6.45) is 10.4. The van der Waals surface area contributed by atoms with Gasteiger partial charge in [-0.3, -0.25) is 4.18 Å². The second-order valence-corrected chi connectivity index (χ2v) is 3.76. The van der Waals surface area contributed by atoms with Crippen LogP contribution in [0.5, 0.6) is 0 Å². The van der Waals surface area contributed by atoms with Crippen LogP contribution in [0.2, 0.25) is 0 Å². The summed E-state index contributed by atoms with van der Waals surface area (Å²) in [5, 5.41) is 0. The third-order valence-electron chi connectivity index (χ3n) is 2.13. The second-order valence-electron chi connectivity index (χ2n) is 3.37. The fourth-order valence-electron chi connectivity index (χ4n) is 1.33. The Labute approximate surface area is 86.5 Å². The van der Waals surface area contributed by atoms with E-state index in [-0.39, 0.29) is 0 Å². The van der Waals surface area contributed by atoms with E-state index < -0.39 is 0 Å². The fourth-order valence-corrected chi connectivity index (χ4v) is 1.52. The van der Waals surface area contributed by atoms with Gasteiger partial charge in [0.05, 0.1) is 6.61 Å². The van der Waals surface area contributed by atoms with Gasteiger partial charge in [0.15, 0.2) is 12.3 Å². The van der Waals surface area contributed by atoms with Crippen molar-refractivity contribution in [3.05, 3.63) is 0 Å². The molecule has 1 N–H and O–H groups in total. The lowest BCUT2D eigenvalue weighted by Gasteiger charge is -2.00. The van der Waals surface area contributed by atoms with Crippen molar-refractivity contribution in [3.63, 3.8) is 0 Å². The van der Waals surface area contributed by atoms with Gasteiger partial charge in [-0.15, -0.1) is 0 Å². The van der Waals surface area contributed by atoms with Gasteiger partial charge in [0.2, 0.25) is 0 Å². The molecule has 0 spiro atoms. The smallest absolute Gasteiger partial charge is 0.155 e. The molecule has 3 heteroatoms. The lowest BCUT2D eigenvalue weighted by molar-refractivity contribution is 0.329. The molecule has 0 rings (SSSR count). The van der Waals surface area contributed by atoms with E-state index in [0.29, 0.717) is 18.9 Å². The van der Waals surface area contributed by atoms with Gasteiger partial charge in [-0.05, 0) is 6.42 Å². The minimum absolute atomic E-state index is 0.477. The van der Waals surface area contributed by atoms with E-state index >= 15 is 0 Å². The molecule has 0 atom stereocenters. The van der Waals surface area contributed by atoms with E-state index in [4.69, 9.17) is 8.74 Å². The molecule has 0 heterocycles. The lowest BCUT2D eigenvalue weighted by Crippen LogP contribution is -1.87. The third kappa shape index (κ3) is 12.3. The van der Waals surface area contributed by atoms with Crippen LogP contribution in [0, 0.1) is 0 Å². The van der Waals surface area contributed by atoms with Crippen LogP contribution < -0.4 is 0 Å². The zero-order valence-corrected chi connectivity index (χ0v) is 9.44. The molecule has 0 aromatic rings. The van der Waals surface area contributed by atoms with Gasteiger partial charge in [0, 0.05) is 0 Å². The maximum Gasteiger partial charge on any atom is 0.155 e. The van der Waals surface area contributed by atoms with Gasteiger partial charge in [-0.1, -0.05) is 51.9 Å². The van der Waals surface area contributed by atoms with Crippen molar-refractivity contribution in [2.24, 2.45) is 0 Å². The maximum atomic E-state index is 8.26. The van der Waals surface area contributed by atoms with Crippen LogP contribution in [0.15, 0.2) is 0 Å². The first kappa shape index (κ1) is 13.3. The van der Waals surface area contributed by atoms with Crippen LogP contribution >= 0.6 is 12.3 Å². The van der Waals surface area contributed by atoms with Crippen LogP contribution in [0.1, 0.15) is 58.3 Å². The molecule has 0 aliphatic heterocycles. The molecular weight excluding hydrogens is 184 g/mol. The fraction of sp³-hybridized carbons (Fsp3) is 1.00. The molecule has 0 saturated heterocycles. The topological polar surface area (TPSA) is 29.5 Å². The third-order valence-corrected chi connectivity index (χ3v) is 2.41. The van der Waals surface area contributed by atoms with E-state index in [2.05, 4.69) is 6.92 Å². The van der Waals surface area contributed by atoms with Gasteiger partial charge in [-0.2, -0.15) is 0 Å². The second kappa shape index (κ2) is 12.3. The minimum atomic E-state index is 0.477. The largest absolute Gasteiger partial charge is 0.307 e. The zero-order chi connectivity index (χ0) is 9.78. The Morgan fingerprint density at radius 1 is 0.923 bits per heavy atom. The normalized spacial score (nSPS) is 10.6.